The van der Waals surface area contributed by atoms with Gasteiger partial charge in [0.1, 0.15) is 0 Å². The number of hydrogen-bond donors (Lipinski definition) is 0. The van der Waals surface area contributed by atoms with Crippen LogP contribution in [0.25, 0.3) is 0 Å². The molecule has 0 spiro atoms. The standard InChI is InChI=1S/C33H41F2O8P/c1-3-41-44(36,42-4-2)32(34,35)23-31-30(21-14-22-37-31)43-33(38-24-27-15-8-5-9-16-27,39-25-28-17-10-6-11-18-28)40-26-29-19-12-7-13-20-29/h5-13,15-20,30-31H,3-4,14,21-26H2,1-2H3. The molecule has 1 heterocycles. The Morgan fingerprint density at radius 1 is 0.750 bits per heavy atom. The normalized spacial score (nSPS) is 17.9. The van der Waals surface area contributed by atoms with Crippen molar-refractivity contribution in [1.82, 2.24) is 0 Å². The molecular formula is C33H41F2O8P. The lowest BCUT2D eigenvalue weighted by molar-refractivity contribution is -0.523. The summed E-state index contributed by atoms with van der Waals surface area (Å²) in [7, 11) is -4.79. The number of benzene rings is 3. The van der Waals surface area contributed by atoms with Gasteiger partial charge in [-0.2, -0.15) is 8.78 Å². The Kier molecular flexibility index (Phi) is 13.0. The molecule has 0 aromatic heterocycles. The van der Waals surface area contributed by atoms with Crippen LogP contribution >= 0.6 is 7.60 Å². The van der Waals surface area contributed by atoms with Crippen LogP contribution in [0.5, 0.6) is 0 Å². The van der Waals surface area contributed by atoms with Gasteiger partial charge in [-0.1, -0.05) is 91.0 Å². The molecule has 8 nitrogen and oxygen atoms in total. The molecule has 1 fully saturated rings. The fourth-order valence-corrected chi connectivity index (χ4v) is 6.24. The fourth-order valence-electron chi connectivity index (χ4n) is 4.71. The maximum Gasteiger partial charge on any atom is 0.414 e. The first kappa shape index (κ1) is 34.3. The van der Waals surface area contributed by atoms with Gasteiger partial charge in [0.25, 0.3) is 0 Å². The van der Waals surface area contributed by atoms with Gasteiger partial charge in [-0.3, -0.25) is 23.5 Å². The Morgan fingerprint density at radius 3 is 1.59 bits per heavy atom. The zero-order valence-electron chi connectivity index (χ0n) is 25.1. The van der Waals surface area contributed by atoms with Gasteiger partial charge in [-0.05, 0) is 43.4 Å². The SMILES string of the molecule is CCOP(=O)(OCC)C(F)(F)CC1OCCCC1OC(OCc1ccccc1)(OCc1ccccc1)OCc1ccccc1. The smallest absolute Gasteiger partial charge is 0.375 e. The lowest BCUT2D eigenvalue weighted by Gasteiger charge is -2.40. The summed E-state index contributed by atoms with van der Waals surface area (Å²) < 4.78 is 85.4. The van der Waals surface area contributed by atoms with Crippen LogP contribution in [-0.2, 0) is 57.1 Å². The molecule has 0 radical (unpaired) electrons. The zero-order valence-corrected chi connectivity index (χ0v) is 26.0. The van der Waals surface area contributed by atoms with Gasteiger partial charge in [-0.15, -0.1) is 0 Å². The van der Waals surface area contributed by atoms with Crippen molar-refractivity contribution in [2.45, 2.75) is 77.0 Å². The highest BCUT2D eigenvalue weighted by Crippen LogP contribution is 2.64. The molecule has 2 unspecified atom stereocenters. The average Bonchev–Trinajstić information content (AvgIpc) is 3.04. The third kappa shape index (κ3) is 9.73. The van der Waals surface area contributed by atoms with Crippen molar-refractivity contribution in [2.75, 3.05) is 19.8 Å². The van der Waals surface area contributed by atoms with Crippen molar-refractivity contribution in [2.24, 2.45) is 0 Å². The molecule has 0 saturated carbocycles. The summed E-state index contributed by atoms with van der Waals surface area (Å²) in [5.74, 6) is 0. The van der Waals surface area contributed by atoms with Crippen LogP contribution < -0.4 is 0 Å². The fraction of sp³-hybridized carbons (Fsp3) is 0.455. The molecule has 3 aromatic rings. The summed E-state index contributed by atoms with van der Waals surface area (Å²) in [6, 6.07) is 28.2. The quantitative estimate of drug-likeness (QED) is 0.103. The zero-order chi connectivity index (χ0) is 31.3. The molecule has 4 rings (SSSR count). The summed E-state index contributed by atoms with van der Waals surface area (Å²) in [5, 5.41) is 0. The van der Waals surface area contributed by atoms with Crippen molar-refractivity contribution in [3.8, 4) is 0 Å². The van der Waals surface area contributed by atoms with E-state index in [-0.39, 0.29) is 39.6 Å². The largest absolute Gasteiger partial charge is 0.414 e. The molecule has 2 atom stereocenters. The molecule has 11 heteroatoms. The average molecular weight is 635 g/mol. The molecule has 1 aliphatic rings. The van der Waals surface area contributed by atoms with E-state index in [9.17, 15) is 4.57 Å². The van der Waals surface area contributed by atoms with E-state index in [1.54, 1.807) is 0 Å². The van der Waals surface area contributed by atoms with Crippen LogP contribution in [0.2, 0.25) is 0 Å². The van der Waals surface area contributed by atoms with Gasteiger partial charge in [0.05, 0.1) is 51.7 Å². The van der Waals surface area contributed by atoms with Crippen LogP contribution in [0.15, 0.2) is 91.0 Å². The number of hydrogen-bond acceptors (Lipinski definition) is 8. The van der Waals surface area contributed by atoms with Crippen LogP contribution in [0.3, 0.4) is 0 Å². The van der Waals surface area contributed by atoms with Crippen molar-refractivity contribution < 1.29 is 46.1 Å². The summed E-state index contributed by atoms with van der Waals surface area (Å²) in [4.78, 5) is 0. The van der Waals surface area contributed by atoms with E-state index in [2.05, 4.69) is 0 Å². The number of alkyl halides is 2. The molecule has 1 aliphatic heterocycles. The van der Waals surface area contributed by atoms with E-state index in [1.165, 1.54) is 13.8 Å². The van der Waals surface area contributed by atoms with Gasteiger partial charge in [0, 0.05) is 6.61 Å². The first-order valence-corrected chi connectivity index (χ1v) is 16.4. The lowest BCUT2D eigenvalue weighted by atomic mass is 10.0. The lowest BCUT2D eigenvalue weighted by Crippen LogP contribution is -2.50. The summed E-state index contributed by atoms with van der Waals surface area (Å²) >= 11 is 0. The second-order valence-electron chi connectivity index (χ2n) is 10.2. The van der Waals surface area contributed by atoms with Crippen LogP contribution in [-0.4, -0.2) is 43.9 Å². The Morgan fingerprint density at radius 2 is 1.18 bits per heavy atom. The highest BCUT2D eigenvalue weighted by atomic mass is 31.2. The molecular weight excluding hydrogens is 593 g/mol. The minimum absolute atomic E-state index is 0.0444. The van der Waals surface area contributed by atoms with Crippen LogP contribution in [0.1, 0.15) is 49.8 Å². The van der Waals surface area contributed by atoms with E-state index < -0.39 is 38.0 Å². The molecule has 0 amide bonds. The Bertz CT molecular complexity index is 1170. The van der Waals surface area contributed by atoms with Crippen molar-refractivity contribution in [3.63, 3.8) is 0 Å². The third-order valence-electron chi connectivity index (χ3n) is 6.90. The first-order chi connectivity index (χ1) is 21.3. The van der Waals surface area contributed by atoms with Crippen molar-refractivity contribution in [3.05, 3.63) is 108 Å². The maximum absolute atomic E-state index is 15.6. The van der Waals surface area contributed by atoms with E-state index in [1.807, 2.05) is 91.0 Å². The van der Waals surface area contributed by atoms with E-state index >= 15 is 8.78 Å². The third-order valence-corrected chi connectivity index (χ3v) is 9.08. The molecule has 0 N–H and O–H groups in total. The molecule has 44 heavy (non-hydrogen) atoms. The van der Waals surface area contributed by atoms with Crippen LogP contribution in [0.4, 0.5) is 8.78 Å². The molecule has 1 saturated heterocycles. The van der Waals surface area contributed by atoms with E-state index in [0.717, 1.165) is 16.7 Å². The highest BCUT2D eigenvalue weighted by molar-refractivity contribution is 7.55. The van der Waals surface area contributed by atoms with Gasteiger partial charge in [0.15, 0.2) is 0 Å². The second kappa shape index (κ2) is 16.7. The molecule has 0 aliphatic carbocycles. The summed E-state index contributed by atoms with van der Waals surface area (Å²) in [6.07, 6.45) is -4.34. The number of rotatable bonds is 18. The minimum Gasteiger partial charge on any atom is -0.375 e. The summed E-state index contributed by atoms with van der Waals surface area (Å²) in [6.45, 7) is 2.93. The van der Waals surface area contributed by atoms with E-state index in [0.29, 0.717) is 12.8 Å². The Balaban J connectivity index is 1.64. The highest BCUT2D eigenvalue weighted by Gasteiger charge is 2.56. The van der Waals surface area contributed by atoms with E-state index in [4.69, 9.17) is 32.7 Å². The second-order valence-corrected chi connectivity index (χ2v) is 12.4. The number of ether oxygens (including phenoxy) is 5. The van der Waals surface area contributed by atoms with Gasteiger partial charge < -0.3 is 13.8 Å². The molecule has 0 bridgehead atoms. The van der Waals surface area contributed by atoms with Crippen molar-refractivity contribution in [1.29, 1.82) is 0 Å². The predicted octanol–water partition coefficient (Wildman–Crippen LogP) is 8.06. The summed E-state index contributed by atoms with van der Waals surface area (Å²) in [5.41, 5.74) is -1.37. The Hall–Kier alpha value is -2.53. The topological polar surface area (TPSA) is 81.7 Å². The first-order valence-electron chi connectivity index (χ1n) is 14.9. The van der Waals surface area contributed by atoms with Crippen LogP contribution in [0, 0.1) is 0 Å². The minimum atomic E-state index is -4.79. The van der Waals surface area contributed by atoms with Crippen molar-refractivity contribution >= 4 is 7.60 Å². The molecule has 3 aromatic carbocycles. The maximum atomic E-state index is 15.6. The predicted molar refractivity (Wildman–Crippen MR) is 161 cm³/mol. The van der Waals surface area contributed by atoms with Gasteiger partial charge in [-0.25, -0.2) is 0 Å². The van der Waals surface area contributed by atoms with Gasteiger partial charge in [0.2, 0.25) is 0 Å². The van der Waals surface area contributed by atoms with Gasteiger partial charge >= 0.3 is 19.4 Å². The molecule has 240 valence electrons. The Labute approximate surface area is 258 Å². The monoisotopic (exact) mass is 634 g/mol. The number of halogens is 2.